The maximum absolute atomic E-state index is 12.8. The third kappa shape index (κ3) is 2.13. The fourth-order valence-electron chi connectivity index (χ4n) is 4.39. The van der Waals surface area contributed by atoms with Gasteiger partial charge in [0.2, 0.25) is 11.8 Å². The SMILES string of the molecule is NC(=O)C1(c2ccccc2)CCCCC1(C(N)=O)c1ccccc1. The number of hydrogen-bond donors (Lipinski definition) is 2. The highest BCUT2D eigenvalue weighted by Crippen LogP contribution is 2.53. The van der Waals surface area contributed by atoms with E-state index < -0.39 is 22.6 Å². The van der Waals surface area contributed by atoms with E-state index in [0.29, 0.717) is 12.8 Å². The van der Waals surface area contributed by atoms with Crippen LogP contribution in [0.25, 0.3) is 0 Å². The lowest BCUT2D eigenvalue weighted by Crippen LogP contribution is -2.64. The molecule has 2 unspecified atom stereocenters. The number of carbonyl (C=O) groups is 2. The Morgan fingerprint density at radius 3 is 1.29 bits per heavy atom. The number of carbonyl (C=O) groups excluding carboxylic acids is 2. The molecule has 0 radical (unpaired) electrons. The van der Waals surface area contributed by atoms with Gasteiger partial charge in [0.05, 0.1) is 10.8 Å². The van der Waals surface area contributed by atoms with Gasteiger partial charge < -0.3 is 11.5 Å². The molecule has 0 aromatic heterocycles. The van der Waals surface area contributed by atoms with Crippen molar-refractivity contribution in [3.05, 3.63) is 71.8 Å². The smallest absolute Gasteiger partial charge is 0.229 e. The van der Waals surface area contributed by atoms with Crippen LogP contribution in [0.5, 0.6) is 0 Å². The summed E-state index contributed by atoms with van der Waals surface area (Å²) in [7, 11) is 0. The molecule has 2 aromatic carbocycles. The largest absolute Gasteiger partial charge is 0.369 e. The van der Waals surface area contributed by atoms with Crippen molar-refractivity contribution >= 4 is 11.8 Å². The summed E-state index contributed by atoms with van der Waals surface area (Å²) in [4.78, 5) is 25.6. The maximum atomic E-state index is 12.8. The van der Waals surface area contributed by atoms with Crippen molar-refractivity contribution < 1.29 is 9.59 Å². The molecule has 24 heavy (non-hydrogen) atoms. The van der Waals surface area contributed by atoms with Crippen molar-refractivity contribution in [3.63, 3.8) is 0 Å². The first-order valence-electron chi connectivity index (χ1n) is 8.26. The average molecular weight is 322 g/mol. The summed E-state index contributed by atoms with van der Waals surface area (Å²) in [5, 5.41) is 0. The van der Waals surface area contributed by atoms with Gasteiger partial charge in [-0.2, -0.15) is 0 Å². The van der Waals surface area contributed by atoms with E-state index in [1.165, 1.54) is 0 Å². The van der Waals surface area contributed by atoms with Crippen LogP contribution in [-0.2, 0) is 20.4 Å². The van der Waals surface area contributed by atoms with Gasteiger partial charge in [-0.15, -0.1) is 0 Å². The van der Waals surface area contributed by atoms with Crippen LogP contribution in [0.2, 0.25) is 0 Å². The second kappa shape index (κ2) is 6.11. The molecule has 4 heteroatoms. The zero-order chi connectivity index (χ0) is 17.2. The van der Waals surface area contributed by atoms with Crippen molar-refractivity contribution in [2.24, 2.45) is 11.5 Å². The van der Waals surface area contributed by atoms with Crippen LogP contribution < -0.4 is 11.5 Å². The fourth-order valence-corrected chi connectivity index (χ4v) is 4.39. The maximum Gasteiger partial charge on any atom is 0.229 e. The quantitative estimate of drug-likeness (QED) is 0.905. The van der Waals surface area contributed by atoms with Crippen molar-refractivity contribution in [3.8, 4) is 0 Å². The summed E-state index contributed by atoms with van der Waals surface area (Å²) in [5.74, 6) is -0.980. The summed E-state index contributed by atoms with van der Waals surface area (Å²) >= 11 is 0. The van der Waals surface area contributed by atoms with Crippen LogP contribution in [-0.4, -0.2) is 11.8 Å². The predicted molar refractivity (Wildman–Crippen MR) is 93.1 cm³/mol. The number of hydrogen-bond acceptors (Lipinski definition) is 2. The average Bonchev–Trinajstić information content (AvgIpc) is 2.62. The Morgan fingerprint density at radius 1 is 0.667 bits per heavy atom. The lowest BCUT2D eigenvalue weighted by Gasteiger charge is -2.50. The highest BCUT2D eigenvalue weighted by atomic mass is 16.2. The molecule has 124 valence electrons. The lowest BCUT2D eigenvalue weighted by molar-refractivity contribution is -0.138. The molecule has 2 amide bonds. The van der Waals surface area contributed by atoms with Crippen LogP contribution >= 0.6 is 0 Å². The van der Waals surface area contributed by atoms with Crippen LogP contribution in [0, 0.1) is 0 Å². The molecule has 0 heterocycles. The minimum absolute atomic E-state index is 0.490. The van der Waals surface area contributed by atoms with Crippen LogP contribution in [0.1, 0.15) is 36.8 Å². The van der Waals surface area contributed by atoms with Gasteiger partial charge in [0, 0.05) is 0 Å². The lowest BCUT2D eigenvalue weighted by atomic mass is 9.50. The van der Waals surface area contributed by atoms with E-state index in [9.17, 15) is 9.59 Å². The van der Waals surface area contributed by atoms with Gasteiger partial charge in [-0.3, -0.25) is 9.59 Å². The van der Waals surface area contributed by atoms with E-state index >= 15 is 0 Å². The summed E-state index contributed by atoms with van der Waals surface area (Å²) in [5.41, 5.74) is 11.2. The molecule has 2 atom stereocenters. The van der Waals surface area contributed by atoms with Crippen LogP contribution in [0.15, 0.2) is 60.7 Å². The second-order valence-electron chi connectivity index (χ2n) is 6.48. The molecule has 1 fully saturated rings. The number of benzene rings is 2. The zero-order valence-electron chi connectivity index (χ0n) is 13.6. The number of amides is 2. The molecule has 0 bridgehead atoms. The number of primary amides is 2. The molecule has 2 aromatic rings. The molecular weight excluding hydrogens is 300 g/mol. The standard InChI is InChI=1S/C20H22N2O2/c21-17(23)19(15-9-3-1-4-10-15)13-7-8-14-20(19,18(22)24)16-11-5-2-6-12-16/h1-6,9-12H,7-8,13-14H2,(H2,21,23)(H2,22,24). The van der Waals surface area contributed by atoms with Gasteiger partial charge in [-0.05, 0) is 24.0 Å². The van der Waals surface area contributed by atoms with E-state index in [1.807, 2.05) is 60.7 Å². The van der Waals surface area contributed by atoms with Crippen molar-refractivity contribution in [1.29, 1.82) is 0 Å². The predicted octanol–water partition coefficient (Wildman–Crippen LogP) is 2.41. The van der Waals surface area contributed by atoms with Crippen molar-refractivity contribution in [1.82, 2.24) is 0 Å². The van der Waals surface area contributed by atoms with Crippen LogP contribution in [0.3, 0.4) is 0 Å². The number of rotatable bonds is 4. The van der Waals surface area contributed by atoms with Gasteiger partial charge in [0.15, 0.2) is 0 Å². The highest BCUT2D eigenvalue weighted by molar-refractivity contribution is 6.00. The van der Waals surface area contributed by atoms with Crippen molar-refractivity contribution in [2.75, 3.05) is 0 Å². The minimum Gasteiger partial charge on any atom is -0.369 e. The summed E-state index contributed by atoms with van der Waals surface area (Å²) < 4.78 is 0. The Kier molecular flexibility index (Phi) is 4.14. The molecule has 1 aliphatic rings. The van der Waals surface area contributed by atoms with Gasteiger partial charge >= 0.3 is 0 Å². The first-order chi connectivity index (χ1) is 11.6. The minimum atomic E-state index is -1.13. The topological polar surface area (TPSA) is 86.2 Å². The summed E-state index contributed by atoms with van der Waals surface area (Å²) in [6.07, 6.45) is 2.70. The van der Waals surface area contributed by atoms with Gasteiger partial charge in [0.1, 0.15) is 0 Å². The summed E-state index contributed by atoms with van der Waals surface area (Å²) in [6.45, 7) is 0. The van der Waals surface area contributed by atoms with Gasteiger partial charge in [-0.25, -0.2) is 0 Å². The molecule has 4 N–H and O–H groups in total. The highest BCUT2D eigenvalue weighted by Gasteiger charge is 2.61. The third-order valence-corrected chi connectivity index (χ3v) is 5.46. The van der Waals surface area contributed by atoms with Gasteiger partial charge in [-0.1, -0.05) is 73.5 Å². The van der Waals surface area contributed by atoms with E-state index in [4.69, 9.17) is 11.5 Å². The molecule has 1 saturated carbocycles. The molecule has 0 spiro atoms. The first kappa shape index (κ1) is 16.2. The second-order valence-corrected chi connectivity index (χ2v) is 6.48. The number of nitrogens with two attached hydrogens (primary N) is 2. The van der Waals surface area contributed by atoms with E-state index in [-0.39, 0.29) is 0 Å². The van der Waals surface area contributed by atoms with Crippen LogP contribution in [0.4, 0.5) is 0 Å². The molecule has 3 rings (SSSR count). The summed E-state index contributed by atoms with van der Waals surface area (Å²) in [6, 6.07) is 18.7. The monoisotopic (exact) mass is 322 g/mol. The molecule has 0 aliphatic heterocycles. The molecule has 4 nitrogen and oxygen atoms in total. The van der Waals surface area contributed by atoms with Crippen molar-refractivity contribution in [2.45, 2.75) is 36.5 Å². The molecular formula is C20H22N2O2. The van der Waals surface area contributed by atoms with E-state index in [0.717, 1.165) is 24.0 Å². The molecule has 0 saturated heterocycles. The Hall–Kier alpha value is -2.62. The fraction of sp³-hybridized carbons (Fsp3) is 0.300. The Labute approximate surface area is 141 Å². The van der Waals surface area contributed by atoms with E-state index in [2.05, 4.69) is 0 Å². The Morgan fingerprint density at radius 2 is 1.00 bits per heavy atom. The first-order valence-corrected chi connectivity index (χ1v) is 8.26. The Bertz CT molecular complexity index is 679. The normalized spacial score (nSPS) is 26.7. The van der Waals surface area contributed by atoms with Gasteiger partial charge in [0.25, 0.3) is 0 Å². The third-order valence-electron chi connectivity index (χ3n) is 5.46. The Balaban J connectivity index is 2.36. The zero-order valence-corrected chi connectivity index (χ0v) is 13.6. The molecule has 1 aliphatic carbocycles. The van der Waals surface area contributed by atoms with E-state index in [1.54, 1.807) is 0 Å².